The third-order valence-electron chi connectivity index (χ3n) is 4.07. The summed E-state index contributed by atoms with van der Waals surface area (Å²) in [5.74, 6) is -0.0640. The number of aromatic nitrogens is 2. The molecule has 0 radical (unpaired) electrons. The van der Waals surface area contributed by atoms with Crippen LogP contribution in [-0.2, 0) is 0 Å². The average Bonchev–Trinajstić information content (AvgIpc) is 3.06. The summed E-state index contributed by atoms with van der Waals surface area (Å²) < 4.78 is 1.85. The van der Waals surface area contributed by atoms with Gasteiger partial charge in [-0.05, 0) is 43.7 Å². The van der Waals surface area contributed by atoms with Crippen LogP contribution in [0.3, 0.4) is 0 Å². The highest BCUT2D eigenvalue weighted by molar-refractivity contribution is 5.94. The van der Waals surface area contributed by atoms with Gasteiger partial charge in [0.1, 0.15) is 5.65 Å². The second-order valence-electron chi connectivity index (χ2n) is 5.79. The Hall–Kier alpha value is -2.82. The van der Waals surface area contributed by atoms with Crippen molar-refractivity contribution in [1.82, 2.24) is 14.7 Å². The van der Waals surface area contributed by atoms with Gasteiger partial charge in [-0.1, -0.05) is 12.1 Å². The van der Waals surface area contributed by atoms with Crippen LogP contribution in [0, 0.1) is 6.92 Å². The Morgan fingerprint density at radius 3 is 2.96 bits per heavy atom. The molecule has 0 spiro atoms. The number of likely N-dealkylation sites (N-methyl/N-ethyl adjacent to an activating group) is 1. The molecule has 24 heavy (non-hydrogen) atoms. The van der Waals surface area contributed by atoms with E-state index < -0.39 is 0 Å². The first-order chi connectivity index (χ1) is 11.7. The van der Waals surface area contributed by atoms with E-state index >= 15 is 0 Å². The molecule has 0 aliphatic heterocycles. The van der Waals surface area contributed by atoms with E-state index in [2.05, 4.69) is 53.3 Å². The molecule has 0 unspecified atom stereocenters. The van der Waals surface area contributed by atoms with Gasteiger partial charge in [0, 0.05) is 43.9 Å². The van der Waals surface area contributed by atoms with Crippen LogP contribution in [0.4, 0.5) is 5.69 Å². The van der Waals surface area contributed by atoms with Gasteiger partial charge in [-0.3, -0.25) is 4.79 Å². The summed E-state index contributed by atoms with van der Waals surface area (Å²) in [6.07, 6.45) is 5.36. The van der Waals surface area contributed by atoms with Gasteiger partial charge in [-0.15, -0.1) is 0 Å². The number of carbonyl (C=O) groups excluding carboxylic acids is 1. The zero-order valence-electron chi connectivity index (χ0n) is 14.1. The number of hydrogen-bond acceptors (Lipinski definition) is 3. The molecule has 1 aromatic carbocycles. The van der Waals surface area contributed by atoms with Crippen LogP contribution >= 0.6 is 0 Å². The SMILES string of the molecule is CCN(CCNC(=O)c1ccc2nccn2c1)c1cccc(C)c1. The van der Waals surface area contributed by atoms with Crippen LogP contribution in [0.15, 0.2) is 55.0 Å². The highest BCUT2D eigenvalue weighted by Crippen LogP contribution is 2.15. The summed E-state index contributed by atoms with van der Waals surface area (Å²) in [5, 5.41) is 2.99. The van der Waals surface area contributed by atoms with Crippen molar-refractivity contribution < 1.29 is 4.79 Å². The maximum atomic E-state index is 12.3. The third-order valence-corrected chi connectivity index (χ3v) is 4.07. The van der Waals surface area contributed by atoms with Gasteiger partial charge in [0.2, 0.25) is 0 Å². The predicted octanol–water partition coefficient (Wildman–Crippen LogP) is 2.90. The summed E-state index contributed by atoms with van der Waals surface area (Å²) in [5.41, 5.74) is 3.90. The Balaban J connectivity index is 1.59. The molecule has 1 amide bonds. The zero-order valence-corrected chi connectivity index (χ0v) is 14.1. The molecule has 5 nitrogen and oxygen atoms in total. The highest BCUT2D eigenvalue weighted by Gasteiger charge is 2.08. The Morgan fingerprint density at radius 1 is 1.29 bits per heavy atom. The zero-order chi connectivity index (χ0) is 16.9. The molecular formula is C19H22N4O. The van der Waals surface area contributed by atoms with Crippen LogP contribution in [0.25, 0.3) is 5.65 Å². The smallest absolute Gasteiger partial charge is 0.252 e. The number of pyridine rings is 1. The number of hydrogen-bond donors (Lipinski definition) is 1. The lowest BCUT2D eigenvalue weighted by atomic mass is 10.2. The number of nitrogens with zero attached hydrogens (tertiary/aromatic N) is 3. The molecule has 0 saturated heterocycles. The number of imidazole rings is 1. The molecule has 0 bridgehead atoms. The van der Waals surface area contributed by atoms with Crippen LogP contribution < -0.4 is 10.2 Å². The van der Waals surface area contributed by atoms with E-state index in [9.17, 15) is 4.79 Å². The summed E-state index contributed by atoms with van der Waals surface area (Å²) >= 11 is 0. The number of aryl methyl sites for hydroxylation is 1. The standard InChI is InChI=1S/C19H22N4O/c1-3-22(17-6-4-5-15(2)13-17)11-10-21-19(24)16-7-8-18-20-9-12-23(18)14-16/h4-9,12-14H,3,10-11H2,1-2H3,(H,21,24). The van der Waals surface area contributed by atoms with Crippen molar-refractivity contribution >= 4 is 17.2 Å². The highest BCUT2D eigenvalue weighted by atomic mass is 16.1. The molecule has 1 N–H and O–H groups in total. The number of carbonyl (C=O) groups is 1. The molecule has 2 aromatic heterocycles. The average molecular weight is 322 g/mol. The van der Waals surface area contributed by atoms with Crippen molar-refractivity contribution in [3.8, 4) is 0 Å². The van der Waals surface area contributed by atoms with E-state index in [1.54, 1.807) is 18.5 Å². The molecule has 3 aromatic rings. The Bertz CT molecular complexity index is 840. The monoisotopic (exact) mass is 322 g/mol. The Morgan fingerprint density at radius 2 is 2.17 bits per heavy atom. The van der Waals surface area contributed by atoms with Crippen molar-refractivity contribution in [2.45, 2.75) is 13.8 Å². The number of rotatable bonds is 6. The third kappa shape index (κ3) is 3.56. The number of fused-ring (bicyclic) bond motifs is 1. The topological polar surface area (TPSA) is 49.6 Å². The molecule has 0 aliphatic carbocycles. The predicted molar refractivity (Wildman–Crippen MR) is 96.6 cm³/mol. The fourth-order valence-electron chi connectivity index (χ4n) is 2.76. The molecule has 0 saturated carbocycles. The largest absolute Gasteiger partial charge is 0.370 e. The molecule has 5 heteroatoms. The summed E-state index contributed by atoms with van der Waals surface area (Å²) in [6.45, 7) is 6.49. The van der Waals surface area contributed by atoms with E-state index in [-0.39, 0.29) is 5.91 Å². The minimum Gasteiger partial charge on any atom is -0.370 e. The Labute approximate surface area is 141 Å². The molecule has 0 fully saturated rings. The molecule has 0 aliphatic rings. The van der Waals surface area contributed by atoms with Gasteiger partial charge in [-0.25, -0.2) is 4.98 Å². The van der Waals surface area contributed by atoms with E-state index in [0.717, 1.165) is 18.7 Å². The molecule has 3 rings (SSSR count). The van der Waals surface area contributed by atoms with Crippen molar-refractivity contribution in [1.29, 1.82) is 0 Å². The number of amides is 1. The minimum atomic E-state index is -0.0640. The van der Waals surface area contributed by atoms with Gasteiger partial charge >= 0.3 is 0 Å². The number of benzene rings is 1. The van der Waals surface area contributed by atoms with Crippen molar-refractivity contribution in [3.63, 3.8) is 0 Å². The van der Waals surface area contributed by atoms with Crippen LogP contribution in [0.5, 0.6) is 0 Å². The second-order valence-corrected chi connectivity index (χ2v) is 5.79. The van der Waals surface area contributed by atoms with Crippen molar-refractivity contribution in [2.24, 2.45) is 0 Å². The lowest BCUT2D eigenvalue weighted by molar-refractivity contribution is 0.0954. The quantitative estimate of drug-likeness (QED) is 0.759. The number of nitrogens with one attached hydrogen (secondary N) is 1. The van der Waals surface area contributed by atoms with Gasteiger partial charge in [0.05, 0.1) is 5.56 Å². The minimum absolute atomic E-state index is 0.0640. The van der Waals surface area contributed by atoms with E-state index in [4.69, 9.17) is 0 Å². The first-order valence-electron chi connectivity index (χ1n) is 8.20. The van der Waals surface area contributed by atoms with Gasteiger partial charge in [-0.2, -0.15) is 0 Å². The molecular weight excluding hydrogens is 300 g/mol. The molecule has 0 atom stereocenters. The van der Waals surface area contributed by atoms with Gasteiger partial charge in [0.25, 0.3) is 5.91 Å². The lowest BCUT2D eigenvalue weighted by Gasteiger charge is -2.23. The van der Waals surface area contributed by atoms with Crippen LogP contribution in [-0.4, -0.2) is 34.9 Å². The maximum absolute atomic E-state index is 12.3. The lowest BCUT2D eigenvalue weighted by Crippen LogP contribution is -2.35. The fourth-order valence-corrected chi connectivity index (χ4v) is 2.76. The maximum Gasteiger partial charge on any atom is 0.252 e. The van der Waals surface area contributed by atoms with Crippen LogP contribution in [0.2, 0.25) is 0 Å². The van der Waals surface area contributed by atoms with E-state index in [0.29, 0.717) is 12.1 Å². The molecule has 2 heterocycles. The summed E-state index contributed by atoms with van der Waals surface area (Å²) in [4.78, 5) is 18.7. The van der Waals surface area contributed by atoms with Gasteiger partial charge in [0.15, 0.2) is 0 Å². The fraction of sp³-hybridized carbons (Fsp3) is 0.263. The first kappa shape index (κ1) is 16.1. The van der Waals surface area contributed by atoms with E-state index in [1.165, 1.54) is 11.3 Å². The number of anilines is 1. The Kier molecular flexibility index (Phi) is 4.79. The second kappa shape index (κ2) is 7.17. The first-order valence-corrected chi connectivity index (χ1v) is 8.20. The normalized spacial score (nSPS) is 10.8. The molecule has 124 valence electrons. The van der Waals surface area contributed by atoms with Crippen molar-refractivity contribution in [3.05, 3.63) is 66.1 Å². The van der Waals surface area contributed by atoms with E-state index in [1.807, 2.05) is 16.7 Å². The summed E-state index contributed by atoms with van der Waals surface area (Å²) in [7, 11) is 0. The summed E-state index contributed by atoms with van der Waals surface area (Å²) in [6, 6.07) is 12.1. The van der Waals surface area contributed by atoms with Crippen LogP contribution in [0.1, 0.15) is 22.8 Å². The van der Waals surface area contributed by atoms with Gasteiger partial charge < -0.3 is 14.6 Å². The van der Waals surface area contributed by atoms with Crippen molar-refractivity contribution in [2.75, 3.05) is 24.5 Å².